The van der Waals surface area contributed by atoms with Crippen LogP contribution in [0.3, 0.4) is 0 Å². The van der Waals surface area contributed by atoms with Crippen molar-refractivity contribution in [1.82, 2.24) is 0 Å². The zero-order valence-corrected chi connectivity index (χ0v) is 13.8. The third kappa shape index (κ3) is 4.65. The smallest absolute Gasteiger partial charge is 0.226 e. The van der Waals surface area contributed by atoms with E-state index in [1.807, 2.05) is 12.1 Å². The number of benzene rings is 2. The predicted octanol–water partition coefficient (Wildman–Crippen LogP) is 5.00. The second-order valence-electron chi connectivity index (χ2n) is 4.87. The van der Waals surface area contributed by atoms with Gasteiger partial charge in [-0.15, -0.1) is 0 Å². The van der Waals surface area contributed by atoms with E-state index in [4.69, 9.17) is 23.2 Å². The Balaban J connectivity index is 1.82. The molecule has 0 aliphatic heterocycles. The minimum Gasteiger partial charge on any atom is -0.385 e. The zero-order valence-electron chi connectivity index (χ0n) is 12.3. The molecule has 5 heteroatoms. The first-order valence-electron chi connectivity index (χ1n) is 7.17. The summed E-state index contributed by atoms with van der Waals surface area (Å²) in [5.74, 6) is -0.132. The maximum Gasteiger partial charge on any atom is 0.226 e. The van der Waals surface area contributed by atoms with Gasteiger partial charge in [0.2, 0.25) is 5.91 Å². The molecular formula is C17H18Cl2N2O. The summed E-state index contributed by atoms with van der Waals surface area (Å²) < 4.78 is 0. The largest absolute Gasteiger partial charge is 0.385 e. The summed E-state index contributed by atoms with van der Waals surface area (Å²) in [5.41, 5.74) is 2.75. The molecule has 22 heavy (non-hydrogen) atoms. The monoisotopic (exact) mass is 336 g/mol. The summed E-state index contributed by atoms with van der Waals surface area (Å²) in [6.45, 7) is 2.66. The molecule has 2 rings (SSSR count). The lowest BCUT2D eigenvalue weighted by Gasteiger charge is -2.10. The molecule has 0 radical (unpaired) electrons. The van der Waals surface area contributed by atoms with Crippen LogP contribution in [0, 0.1) is 0 Å². The third-order valence-electron chi connectivity index (χ3n) is 3.27. The number of carbonyl (C=O) groups excluding carboxylic acids is 1. The lowest BCUT2D eigenvalue weighted by Crippen LogP contribution is -2.16. The molecule has 0 atom stereocenters. The fourth-order valence-electron chi connectivity index (χ4n) is 2.00. The van der Waals surface area contributed by atoms with Crippen LogP contribution in [0.15, 0.2) is 42.5 Å². The first kappa shape index (κ1) is 16.7. The van der Waals surface area contributed by atoms with Gasteiger partial charge in [-0.2, -0.15) is 0 Å². The Labute approximate surface area is 140 Å². The fraction of sp³-hybridized carbons (Fsp3) is 0.235. The van der Waals surface area contributed by atoms with Crippen molar-refractivity contribution in [3.8, 4) is 0 Å². The van der Waals surface area contributed by atoms with Crippen LogP contribution in [-0.4, -0.2) is 12.5 Å². The summed E-state index contributed by atoms with van der Waals surface area (Å²) in [5, 5.41) is 6.82. The first-order chi connectivity index (χ1) is 10.6. The van der Waals surface area contributed by atoms with E-state index < -0.39 is 0 Å². The zero-order chi connectivity index (χ0) is 15.9. The fourth-order valence-corrected chi connectivity index (χ4v) is 2.49. The van der Waals surface area contributed by atoms with Gasteiger partial charge in [0.1, 0.15) is 0 Å². The van der Waals surface area contributed by atoms with Crippen molar-refractivity contribution >= 4 is 40.5 Å². The molecule has 1 amide bonds. The lowest BCUT2D eigenvalue weighted by atomic mass is 10.1. The number of nitrogens with one attached hydrogen (secondary N) is 2. The average molecular weight is 337 g/mol. The second-order valence-corrected chi connectivity index (χ2v) is 5.69. The van der Waals surface area contributed by atoms with Gasteiger partial charge in [-0.25, -0.2) is 0 Å². The standard InChI is InChI=1S/C17H18Cl2N2O/c1-2-12-6-8-13(9-7-12)20-11-10-16(22)21-17-14(18)4-3-5-15(17)19/h3-9,20H,2,10-11H2,1H3,(H,21,22). The van der Waals surface area contributed by atoms with E-state index >= 15 is 0 Å². The summed E-state index contributed by atoms with van der Waals surface area (Å²) in [6.07, 6.45) is 1.35. The molecule has 3 nitrogen and oxygen atoms in total. The topological polar surface area (TPSA) is 41.1 Å². The van der Waals surface area contributed by atoms with E-state index in [0.717, 1.165) is 12.1 Å². The van der Waals surface area contributed by atoms with Gasteiger partial charge in [0.15, 0.2) is 0 Å². The minimum absolute atomic E-state index is 0.132. The second kappa shape index (κ2) is 8.06. The molecule has 0 spiro atoms. The molecule has 0 fully saturated rings. The number of hydrogen-bond acceptors (Lipinski definition) is 2. The summed E-state index contributed by atoms with van der Waals surface area (Å²) >= 11 is 12.0. The van der Waals surface area contributed by atoms with E-state index in [1.165, 1.54) is 5.56 Å². The van der Waals surface area contributed by atoms with Crippen LogP contribution in [0.4, 0.5) is 11.4 Å². The molecule has 0 aliphatic carbocycles. The van der Waals surface area contributed by atoms with Crippen molar-refractivity contribution in [2.75, 3.05) is 17.2 Å². The highest BCUT2D eigenvalue weighted by molar-refractivity contribution is 6.39. The number of carbonyl (C=O) groups is 1. The van der Waals surface area contributed by atoms with Crippen molar-refractivity contribution in [3.05, 3.63) is 58.1 Å². The first-order valence-corrected chi connectivity index (χ1v) is 7.92. The van der Waals surface area contributed by atoms with Gasteiger partial charge in [-0.05, 0) is 36.2 Å². The molecule has 116 valence electrons. The van der Waals surface area contributed by atoms with Crippen LogP contribution < -0.4 is 10.6 Å². The van der Waals surface area contributed by atoms with E-state index in [9.17, 15) is 4.79 Å². The summed E-state index contributed by atoms with van der Waals surface area (Å²) in [7, 11) is 0. The van der Waals surface area contributed by atoms with E-state index in [-0.39, 0.29) is 5.91 Å². The molecule has 0 saturated carbocycles. The molecular weight excluding hydrogens is 319 g/mol. The van der Waals surface area contributed by atoms with Crippen molar-refractivity contribution in [1.29, 1.82) is 0 Å². The Kier molecular flexibility index (Phi) is 6.10. The maximum absolute atomic E-state index is 11.9. The van der Waals surface area contributed by atoms with Gasteiger partial charge in [0.05, 0.1) is 15.7 Å². The van der Waals surface area contributed by atoms with Crippen LogP contribution in [0.1, 0.15) is 18.9 Å². The van der Waals surface area contributed by atoms with Crippen LogP contribution in [0.5, 0.6) is 0 Å². The average Bonchev–Trinajstić information content (AvgIpc) is 2.52. The molecule has 2 N–H and O–H groups in total. The molecule has 2 aromatic carbocycles. The number of aryl methyl sites for hydroxylation is 1. The molecule has 0 aromatic heterocycles. The van der Waals surface area contributed by atoms with Crippen molar-refractivity contribution in [2.24, 2.45) is 0 Å². The van der Waals surface area contributed by atoms with Crippen LogP contribution >= 0.6 is 23.2 Å². The molecule has 0 unspecified atom stereocenters. The van der Waals surface area contributed by atoms with Gasteiger partial charge in [-0.1, -0.05) is 48.3 Å². The highest BCUT2D eigenvalue weighted by Gasteiger charge is 2.09. The van der Waals surface area contributed by atoms with Crippen molar-refractivity contribution < 1.29 is 4.79 Å². The number of hydrogen-bond donors (Lipinski definition) is 2. The van der Waals surface area contributed by atoms with Crippen LogP contribution in [0.25, 0.3) is 0 Å². The van der Waals surface area contributed by atoms with Gasteiger partial charge in [-0.3, -0.25) is 4.79 Å². The molecule has 0 saturated heterocycles. The number of amides is 1. The summed E-state index contributed by atoms with van der Waals surface area (Å²) in [4.78, 5) is 11.9. The Morgan fingerprint density at radius 2 is 1.68 bits per heavy atom. The number of halogens is 2. The number of rotatable bonds is 6. The molecule has 2 aromatic rings. The van der Waals surface area contributed by atoms with Gasteiger partial charge in [0, 0.05) is 18.7 Å². The van der Waals surface area contributed by atoms with Crippen LogP contribution in [-0.2, 0) is 11.2 Å². The van der Waals surface area contributed by atoms with E-state index in [1.54, 1.807) is 18.2 Å². The molecule has 0 bridgehead atoms. The number of para-hydroxylation sites is 1. The summed E-state index contributed by atoms with van der Waals surface area (Å²) in [6, 6.07) is 13.3. The van der Waals surface area contributed by atoms with Gasteiger partial charge < -0.3 is 10.6 Å². The highest BCUT2D eigenvalue weighted by atomic mass is 35.5. The van der Waals surface area contributed by atoms with E-state index in [2.05, 4.69) is 29.7 Å². The quantitative estimate of drug-likeness (QED) is 0.779. The Morgan fingerprint density at radius 3 is 2.27 bits per heavy atom. The maximum atomic E-state index is 11.9. The predicted molar refractivity (Wildman–Crippen MR) is 94.0 cm³/mol. The Morgan fingerprint density at radius 1 is 1.05 bits per heavy atom. The molecule has 0 aliphatic rings. The van der Waals surface area contributed by atoms with Crippen molar-refractivity contribution in [2.45, 2.75) is 19.8 Å². The highest BCUT2D eigenvalue weighted by Crippen LogP contribution is 2.29. The van der Waals surface area contributed by atoms with E-state index in [0.29, 0.717) is 28.7 Å². The van der Waals surface area contributed by atoms with Gasteiger partial charge in [0.25, 0.3) is 0 Å². The Hall–Kier alpha value is -1.71. The van der Waals surface area contributed by atoms with Gasteiger partial charge >= 0.3 is 0 Å². The lowest BCUT2D eigenvalue weighted by molar-refractivity contribution is -0.115. The minimum atomic E-state index is -0.132. The number of anilines is 2. The van der Waals surface area contributed by atoms with Crippen LogP contribution in [0.2, 0.25) is 10.0 Å². The SMILES string of the molecule is CCc1ccc(NCCC(=O)Nc2c(Cl)cccc2Cl)cc1. The Bertz CT molecular complexity index is 621. The normalized spacial score (nSPS) is 10.3. The molecule has 0 heterocycles. The van der Waals surface area contributed by atoms with Crippen molar-refractivity contribution in [3.63, 3.8) is 0 Å². The third-order valence-corrected chi connectivity index (χ3v) is 3.90.